The van der Waals surface area contributed by atoms with Crippen LogP contribution in [0, 0.1) is 24.6 Å². The predicted molar refractivity (Wildman–Crippen MR) is 260 cm³/mol. The number of hydrogen-bond donors (Lipinski definition) is 3. The first kappa shape index (κ1) is 47.6. The number of nitrogens with one attached hydrogen (secondary N) is 3. The molecule has 0 spiro atoms. The Bertz CT molecular complexity index is 2870. The van der Waals surface area contributed by atoms with Crippen molar-refractivity contribution in [2.24, 2.45) is 5.92 Å². The number of alkyl halides is 1. The molecule has 69 heavy (non-hydrogen) atoms. The molecule has 7 heterocycles. The number of carbonyl (C=O) groups is 3. The zero-order chi connectivity index (χ0) is 48.6. The van der Waals surface area contributed by atoms with Crippen LogP contribution in [0.25, 0.3) is 44.7 Å². The predicted octanol–water partition coefficient (Wildman–Crippen LogP) is 10.0. The Labute approximate surface area is 404 Å². The maximum Gasteiger partial charge on any atom is 0.407 e. The number of fused-ring (bicyclic) bond motifs is 5. The second-order valence-electron chi connectivity index (χ2n) is 18.8. The number of amides is 3. The van der Waals surface area contributed by atoms with E-state index in [1.54, 1.807) is 17.5 Å². The summed E-state index contributed by atoms with van der Waals surface area (Å²) in [4.78, 5) is 61.1. The number of nitrogens with zero attached hydrogens (tertiary/aromatic N) is 5. The third-order valence-electron chi connectivity index (χ3n) is 13.6. The van der Waals surface area contributed by atoms with Crippen molar-refractivity contribution in [1.29, 1.82) is 0 Å². The van der Waals surface area contributed by atoms with Crippen LogP contribution in [0.15, 0.2) is 60.9 Å². The Balaban J connectivity index is 0.00000293. The number of rotatable bonds is 14. The number of halogens is 2. The molecule has 0 radical (unpaired) electrons. The number of H-pyrrole nitrogens is 2. The third-order valence-corrected chi connectivity index (χ3v) is 14.8. The molecule has 2 aromatic carbocycles. The molecule has 3 N–H and O–H groups in total. The average molecular weight is 961 g/mol. The van der Waals surface area contributed by atoms with Gasteiger partial charge in [0.25, 0.3) is 0 Å². The number of likely N-dealkylation sites (tertiary alicyclic amines) is 1. The standard InChI is InChI=1S/C50H56F2N8O6S.C2H2/c1-5-16-58(47(62)45(50(2,3)52)57-49(63)64-4)27-42-53-25-35(55-42)31-22-33(51)44-38-23-32-21-30(10-11-36(32)60(38)48(66-39(44)24-31)41-13-12-40(67-41)29-8-9-29)34-26-54-46(56-34)37-7-6-17-59(37)43(61)20-28-14-18-65-19-15-28;1-2/h10-13,21-26,28-29,37,45,48H,5-9,14-20,27H2,1-4H3,(H,53,55)(H,54,56)(H,57,63);1-2H. The molecule has 0 bridgehead atoms. The van der Waals surface area contributed by atoms with E-state index in [-0.39, 0.29) is 25.0 Å². The fraction of sp³-hybridized carbons (Fsp3) is 0.442. The molecule has 3 unspecified atom stereocenters. The van der Waals surface area contributed by atoms with Crippen LogP contribution in [0.4, 0.5) is 13.6 Å². The summed E-state index contributed by atoms with van der Waals surface area (Å²) in [5, 5.41) is 3.25. The first-order valence-corrected chi connectivity index (χ1v) is 24.6. The average Bonchev–Trinajstić information content (AvgIpc) is 3.93. The van der Waals surface area contributed by atoms with Gasteiger partial charge in [0.05, 0.1) is 65.1 Å². The van der Waals surface area contributed by atoms with Gasteiger partial charge < -0.3 is 39.3 Å². The summed E-state index contributed by atoms with van der Waals surface area (Å²) in [7, 11) is 1.15. The van der Waals surface area contributed by atoms with Crippen molar-refractivity contribution in [3.8, 4) is 52.4 Å². The Hall–Kier alpha value is -6.51. The normalized spacial score (nSPS) is 18.4. The molecule has 6 aromatic rings. The smallest absolute Gasteiger partial charge is 0.407 e. The van der Waals surface area contributed by atoms with Crippen molar-refractivity contribution < 1.29 is 37.4 Å². The number of ether oxygens (including phenoxy) is 3. The van der Waals surface area contributed by atoms with Gasteiger partial charge in [0.2, 0.25) is 18.0 Å². The molecule has 3 aliphatic heterocycles. The molecule has 3 fully saturated rings. The SMILES string of the molecule is C#C.CCCN(Cc1ncc(-c2cc(F)c3c(c2)OC(c2ccc(C4CC4)s2)n2c-3cc3cc(-c4cnc(C5CCCN5C(=O)CC5CCOCC5)[nH]4)ccc32)[nH]1)C(=O)C(NC(=O)OC)C(C)(C)F. The highest BCUT2D eigenvalue weighted by Gasteiger charge is 2.40. The number of methoxy groups -OCH3 is 1. The van der Waals surface area contributed by atoms with Gasteiger partial charge in [-0.15, -0.1) is 24.2 Å². The van der Waals surface area contributed by atoms with Crippen molar-refractivity contribution in [3.63, 3.8) is 0 Å². The summed E-state index contributed by atoms with van der Waals surface area (Å²) >= 11 is 1.73. The van der Waals surface area contributed by atoms with Crippen LogP contribution in [-0.4, -0.2) is 97.3 Å². The van der Waals surface area contributed by atoms with Gasteiger partial charge in [-0.25, -0.2) is 23.5 Å². The van der Waals surface area contributed by atoms with Crippen molar-refractivity contribution in [3.05, 3.63) is 88.1 Å². The molecule has 362 valence electrons. The lowest BCUT2D eigenvalue weighted by atomic mass is 9.96. The molecule has 14 nitrogen and oxygen atoms in total. The Morgan fingerprint density at radius 2 is 1.74 bits per heavy atom. The number of carbonyl (C=O) groups excluding carboxylic acids is 3. The molecule has 17 heteroatoms. The van der Waals surface area contributed by atoms with Gasteiger partial charge in [0.15, 0.2) is 0 Å². The van der Waals surface area contributed by atoms with Crippen LogP contribution in [0.1, 0.15) is 112 Å². The number of aromatic amines is 2. The van der Waals surface area contributed by atoms with E-state index in [0.717, 1.165) is 72.2 Å². The Kier molecular flexibility index (Phi) is 13.7. The first-order chi connectivity index (χ1) is 33.4. The van der Waals surface area contributed by atoms with Crippen LogP contribution in [0.5, 0.6) is 5.75 Å². The molecular formula is C52H58F2N8O6S. The largest absolute Gasteiger partial charge is 0.464 e. The maximum atomic E-state index is 16.8. The minimum absolute atomic E-state index is 0.00660. The van der Waals surface area contributed by atoms with Crippen molar-refractivity contribution in [2.75, 3.05) is 33.4 Å². The van der Waals surface area contributed by atoms with Crippen molar-refractivity contribution in [2.45, 2.75) is 109 Å². The molecule has 1 saturated carbocycles. The minimum atomic E-state index is -2.09. The molecule has 10 rings (SSSR count). The molecule has 3 atom stereocenters. The lowest BCUT2D eigenvalue weighted by Crippen LogP contribution is -2.57. The number of hydrogen-bond acceptors (Lipinski definition) is 9. The fourth-order valence-corrected chi connectivity index (χ4v) is 11.1. The maximum absolute atomic E-state index is 16.8. The lowest BCUT2D eigenvalue weighted by molar-refractivity contribution is -0.137. The van der Waals surface area contributed by atoms with Gasteiger partial charge >= 0.3 is 6.09 Å². The highest BCUT2D eigenvalue weighted by atomic mass is 32.1. The number of aromatic nitrogens is 5. The van der Waals surface area contributed by atoms with Gasteiger partial charge in [0, 0.05) is 54.1 Å². The van der Waals surface area contributed by atoms with E-state index < -0.39 is 35.8 Å². The number of terminal acetylenes is 1. The van der Waals surface area contributed by atoms with E-state index in [2.05, 4.69) is 66.7 Å². The van der Waals surface area contributed by atoms with E-state index >= 15 is 8.78 Å². The van der Waals surface area contributed by atoms with E-state index in [1.807, 2.05) is 36.2 Å². The molecule has 3 amide bonds. The van der Waals surface area contributed by atoms with Gasteiger partial charge in [-0.2, -0.15) is 0 Å². The number of alkyl carbamates (subject to hydrolysis) is 1. The van der Waals surface area contributed by atoms with E-state index in [0.29, 0.717) is 72.0 Å². The summed E-state index contributed by atoms with van der Waals surface area (Å²) in [6.07, 6.45) is 17.0. The summed E-state index contributed by atoms with van der Waals surface area (Å²) < 4.78 is 51.3. The second-order valence-corrected chi connectivity index (χ2v) is 20.0. The highest BCUT2D eigenvalue weighted by molar-refractivity contribution is 7.12. The Morgan fingerprint density at radius 1 is 0.986 bits per heavy atom. The van der Waals surface area contributed by atoms with E-state index in [9.17, 15) is 14.4 Å². The van der Waals surface area contributed by atoms with Crippen LogP contribution < -0.4 is 10.1 Å². The van der Waals surface area contributed by atoms with E-state index in [4.69, 9.17) is 14.5 Å². The number of benzene rings is 2. The highest BCUT2D eigenvalue weighted by Crippen LogP contribution is 2.50. The van der Waals surface area contributed by atoms with Crippen LogP contribution in [0.2, 0.25) is 0 Å². The van der Waals surface area contributed by atoms with Gasteiger partial charge in [-0.3, -0.25) is 14.2 Å². The van der Waals surface area contributed by atoms with Crippen molar-refractivity contribution in [1.82, 2.24) is 39.6 Å². The molecule has 1 aliphatic carbocycles. The minimum Gasteiger partial charge on any atom is -0.464 e. The first-order valence-electron chi connectivity index (χ1n) is 23.7. The van der Waals surface area contributed by atoms with Crippen LogP contribution >= 0.6 is 11.3 Å². The number of imidazole rings is 2. The van der Waals surface area contributed by atoms with Crippen LogP contribution in [-0.2, 0) is 25.6 Å². The number of thiophene rings is 1. The summed E-state index contributed by atoms with van der Waals surface area (Å²) in [6, 6.07) is 14.2. The Morgan fingerprint density at radius 3 is 2.48 bits per heavy atom. The van der Waals surface area contributed by atoms with Gasteiger partial charge in [-0.1, -0.05) is 13.0 Å². The van der Waals surface area contributed by atoms with Crippen molar-refractivity contribution >= 4 is 40.1 Å². The fourth-order valence-electron chi connectivity index (χ4n) is 9.88. The lowest BCUT2D eigenvalue weighted by Gasteiger charge is -2.31. The third kappa shape index (κ3) is 9.74. The topological polar surface area (TPSA) is 160 Å². The zero-order valence-corrected chi connectivity index (χ0v) is 40.2. The van der Waals surface area contributed by atoms with E-state index in [1.165, 1.54) is 42.5 Å². The molecule has 4 aliphatic rings. The quantitative estimate of drug-likeness (QED) is 0.0910. The summed E-state index contributed by atoms with van der Waals surface area (Å²) in [5.74, 6) is 1.55. The molecular weight excluding hydrogens is 903 g/mol. The summed E-state index contributed by atoms with van der Waals surface area (Å²) in [5.41, 5.74) is 2.59. The van der Waals surface area contributed by atoms with Crippen LogP contribution in [0.3, 0.4) is 0 Å². The second kappa shape index (κ2) is 19.8. The van der Waals surface area contributed by atoms with Gasteiger partial charge in [0.1, 0.15) is 34.9 Å². The molecule has 2 saturated heterocycles. The zero-order valence-electron chi connectivity index (χ0n) is 39.4. The van der Waals surface area contributed by atoms with Gasteiger partial charge in [-0.05, 0) is 113 Å². The monoisotopic (exact) mass is 960 g/mol. The molecule has 4 aromatic heterocycles. The summed E-state index contributed by atoms with van der Waals surface area (Å²) in [6.45, 7) is 6.76.